The second-order valence-electron chi connectivity index (χ2n) is 3.78. The van der Waals surface area contributed by atoms with Gasteiger partial charge < -0.3 is 9.84 Å². The van der Waals surface area contributed by atoms with Crippen LogP contribution in [0.15, 0.2) is 30.3 Å². The molecule has 0 saturated heterocycles. The first-order valence-corrected chi connectivity index (χ1v) is 7.48. The minimum atomic E-state index is -3.45. The molecule has 1 rings (SSSR count). The van der Waals surface area contributed by atoms with Crippen LogP contribution >= 0.6 is 0 Å². The molecule has 1 aromatic rings. The summed E-state index contributed by atoms with van der Waals surface area (Å²) in [7, 11) is -3.45. The Morgan fingerprint density at radius 3 is 2.56 bits per heavy atom. The van der Waals surface area contributed by atoms with Crippen molar-refractivity contribution in [2.24, 2.45) is 0 Å². The summed E-state index contributed by atoms with van der Waals surface area (Å²) in [5.74, 6) is -0.107. The minimum Gasteiger partial charge on any atom is -0.394 e. The molecule has 0 fully saturated rings. The number of benzene rings is 1. The molecule has 0 aliphatic rings. The molecule has 0 aliphatic carbocycles. The molecule has 6 heteroatoms. The van der Waals surface area contributed by atoms with E-state index < -0.39 is 16.1 Å². The number of aliphatic hydroxyl groups excluding tert-OH is 1. The minimum absolute atomic E-state index is 0.107. The topological polar surface area (TPSA) is 75.6 Å². The Labute approximate surface area is 108 Å². The molecule has 1 atom stereocenters. The standard InChI is InChI=1S/C12H19NO4S/c1-2-17-8-9-18(15,16)13-12(10-14)11-6-4-3-5-7-11/h3-7,12-14H,2,8-10H2,1H3/t12-/m1/s1. The van der Waals surface area contributed by atoms with Crippen LogP contribution in [0.25, 0.3) is 0 Å². The fourth-order valence-corrected chi connectivity index (χ4v) is 2.58. The van der Waals surface area contributed by atoms with Gasteiger partial charge in [0.2, 0.25) is 10.0 Å². The Balaban J connectivity index is 2.63. The van der Waals surface area contributed by atoms with Crippen molar-refractivity contribution in [3.05, 3.63) is 35.9 Å². The van der Waals surface area contributed by atoms with Crippen molar-refractivity contribution in [3.63, 3.8) is 0 Å². The summed E-state index contributed by atoms with van der Waals surface area (Å²) in [5.41, 5.74) is 0.736. The van der Waals surface area contributed by atoms with E-state index in [0.29, 0.717) is 6.61 Å². The maximum atomic E-state index is 11.7. The number of aliphatic hydroxyl groups is 1. The van der Waals surface area contributed by atoms with E-state index in [0.717, 1.165) is 5.56 Å². The first-order valence-electron chi connectivity index (χ1n) is 5.82. The van der Waals surface area contributed by atoms with E-state index >= 15 is 0 Å². The van der Waals surface area contributed by atoms with Gasteiger partial charge in [0.15, 0.2) is 0 Å². The lowest BCUT2D eigenvalue weighted by Gasteiger charge is -2.16. The van der Waals surface area contributed by atoms with E-state index in [9.17, 15) is 13.5 Å². The van der Waals surface area contributed by atoms with E-state index in [1.54, 1.807) is 31.2 Å². The summed E-state index contributed by atoms with van der Waals surface area (Å²) in [6, 6.07) is 8.36. The summed E-state index contributed by atoms with van der Waals surface area (Å²) in [6.45, 7) is 2.16. The Morgan fingerprint density at radius 1 is 1.33 bits per heavy atom. The van der Waals surface area contributed by atoms with Gasteiger partial charge >= 0.3 is 0 Å². The molecule has 2 N–H and O–H groups in total. The van der Waals surface area contributed by atoms with Crippen LogP contribution in [-0.2, 0) is 14.8 Å². The zero-order chi connectivity index (χ0) is 13.4. The molecule has 0 amide bonds. The SMILES string of the molecule is CCOCCS(=O)(=O)N[C@H](CO)c1ccccc1. The summed E-state index contributed by atoms with van der Waals surface area (Å²) in [5, 5.41) is 9.26. The first-order chi connectivity index (χ1) is 8.59. The van der Waals surface area contributed by atoms with Gasteiger partial charge in [-0.3, -0.25) is 0 Å². The van der Waals surface area contributed by atoms with Gasteiger partial charge in [0.1, 0.15) is 0 Å². The number of hydrogen-bond donors (Lipinski definition) is 2. The fraction of sp³-hybridized carbons (Fsp3) is 0.500. The average molecular weight is 273 g/mol. The lowest BCUT2D eigenvalue weighted by molar-refractivity contribution is 0.163. The van der Waals surface area contributed by atoms with Crippen LogP contribution in [0.2, 0.25) is 0 Å². The van der Waals surface area contributed by atoms with Crippen molar-refractivity contribution in [2.45, 2.75) is 13.0 Å². The van der Waals surface area contributed by atoms with Gasteiger partial charge in [0.05, 0.1) is 25.0 Å². The fourth-order valence-electron chi connectivity index (χ4n) is 1.48. The van der Waals surface area contributed by atoms with Crippen molar-refractivity contribution in [2.75, 3.05) is 25.6 Å². The number of nitrogens with one attached hydrogen (secondary N) is 1. The van der Waals surface area contributed by atoms with Crippen LogP contribution in [0.1, 0.15) is 18.5 Å². The van der Waals surface area contributed by atoms with E-state index in [1.807, 2.05) is 6.07 Å². The Morgan fingerprint density at radius 2 is 2.00 bits per heavy atom. The molecule has 5 nitrogen and oxygen atoms in total. The maximum absolute atomic E-state index is 11.7. The van der Waals surface area contributed by atoms with Crippen molar-refractivity contribution in [3.8, 4) is 0 Å². The Bertz CT molecular complexity index is 433. The third kappa shape index (κ3) is 5.14. The van der Waals surface area contributed by atoms with Crippen LogP contribution in [0, 0.1) is 0 Å². The Hall–Kier alpha value is -0.950. The van der Waals surface area contributed by atoms with Gasteiger partial charge in [-0.15, -0.1) is 0 Å². The summed E-state index contributed by atoms with van der Waals surface area (Å²) < 4.78 is 31.0. The Kier molecular flexibility index (Phi) is 6.28. The van der Waals surface area contributed by atoms with Crippen molar-refractivity contribution in [1.82, 2.24) is 4.72 Å². The van der Waals surface area contributed by atoms with Crippen LogP contribution < -0.4 is 4.72 Å². The second-order valence-corrected chi connectivity index (χ2v) is 5.65. The predicted molar refractivity (Wildman–Crippen MR) is 69.7 cm³/mol. The van der Waals surface area contributed by atoms with Gasteiger partial charge in [-0.2, -0.15) is 0 Å². The van der Waals surface area contributed by atoms with Gasteiger partial charge in [-0.1, -0.05) is 30.3 Å². The van der Waals surface area contributed by atoms with Crippen molar-refractivity contribution in [1.29, 1.82) is 0 Å². The van der Waals surface area contributed by atoms with E-state index in [4.69, 9.17) is 4.74 Å². The molecule has 0 aromatic heterocycles. The molecule has 0 spiro atoms. The molecule has 0 radical (unpaired) electrons. The normalized spacial score (nSPS) is 13.4. The largest absolute Gasteiger partial charge is 0.394 e. The number of hydrogen-bond acceptors (Lipinski definition) is 4. The first kappa shape index (κ1) is 15.1. The zero-order valence-corrected chi connectivity index (χ0v) is 11.2. The average Bonchev–Trinajstić information content (AvgIpc) is 2.37. The highest BCUT2D eigenvalue weighted by Crippen LogP contribution is 2.12. The van der Waals surface area contributed by atoms with Gasteiger partial charge in [-0.05, 0) is 12.5 Å². The lowest BCUT2D eigenvalue weighted by atomic mass is 10.1. The monoisotopic (exact) mass is 273 g/mol. The van der Waals surface area contributed by atoms with Crippen LogP contribution in [0.4, 0.5) is 0 Å². The molecule has 102 valence electrons. The maximum Gasteiger partial charge on any atom is 0.214 e. The van der Waals surface area contributed by atoms with Crippen molar-refractivity contribution >= 4 is 10.0 Å². The number of sulfonamides is 1. The molecule has 0 aliphatic heterocycles. The molecular weight excluding hydrogens is 254 g/mol. The molecule has 0 bridgehead atoms. The smallest absolute Gasteiger partial charge is 0.214 e. The summed E-state index contributed by atoms with van der Waals surface area (Å²) in [4.78, 5) is 0. The highest BCUT2D eigenvalue weighted by Gasteiger charge is 2.18. The van der Waals surface area contributed by atoms with Crippen LogP contribution in [0.5, 0.6) is 0 Å². The van der Waals surface area contributed by atoms with Gasteiger partial charge in [-0.25, -0.2) is 13.1 Å². The summed E-state index contributed by atoms with van der Waals surface area (Å²) >= 11 is 0. The molecule has 1 aromatic carbocycles. The van der Waals surface area contributed by atoms with Gasteiger partial charge in [0, 0.05) is 6.61 Å². The molecular formula is C12H19NO4S. The molecule has 0 heterocycles. The lowest BCUT2D eigenvalue weighted by Crippen LogP contribution is -2.33. The van der Waals surface area contributed by atoms with Crippen molar-refractivity contribution < 1.29 is 18.3 Å². The number of ether oxygens (including phenoxy) is 1. The highest BCUT2D eigenvalue weighted by atomic mass is 32.2. The predicted octanol–water partition coefficient (Wildman–Crippen LogP) is 0.676. The van der Waals surface area contributed by atoms with E-state index in [-0.39, 0.29) is 19.0 Å². The molecule has 0 saturated carbocycles. The highest BCUT2D eigenvalue weighted by molar-refractivity contribution is 7.89. The third-order valence-corrected chi connectivity index (χ3v) is 3.75. The number of rotatable bonds is 8. The molecule has 0 unspecified atom stereocenters. The van der Waals surface area contributed by atoms with E-state index in [2.05, 4.69) is 4.72 Å². The quantitative estimate of drug-likeness (QED) is 0.683. The summed E-state index contributed by atoms with van der Waals surface area (Å²) in [6.07, 6.45) is 0. The second kappa shape index (κ2) is 7.48. The van der Waals surface area contributed by atoms with E-state index in [1.165, 1.54) is 0 Å². The molecule has 18 heavy (non-hydrogen) atoms. The third-order valence-electron chi connectivity index (χ3n) is 2.41. The van der Waals surface area contributed by atoms with Crippen LogP contribution in [-0.4, -0.2) is 39.1 Å². The van der Waals surface area contributed by atoms with Crippen LogP contribution in [0.3, 0.4) is 0 Å². The van der Waals surface area contributed by atoms with Gasteiger partial charge in [0.25, 0.3) is 0 Å². The zero-order valence-electron chi connectivity index (χ0n) is 10.4.